The van der Waals surface area contributed by atoms with Crippen LogP contribution in [0.4, 0.5) is 0 Å². The first kappa shape index (κ1) is 30.6. The van der Waals surface area contributed by atoms with Crippen molar-refractivity contribution in [3.8, 4) is 0 Å². The molecule has 0 aromatic carbocycles. The zero-order chi connectivity index (χ0) is 27.2. The van der Waals surface area contributed by atoms with Crippen molar-refractivity contribution in [2.75, 3.05) is 6.61 Å². The number of hydrogen-bond donors (Lipinski definition) is 0. The Morgan fingerprint density at radius 2 is 1.84 bits per heavy atom. The largest absolute Gasteiger partial charge is 0.462 e. The van der Waals surface area contributed by atoms with Crippen molar-refractivity contribution in [1.29, 1.82) is 0 Å². The number of hydrogen-bond acceptors (Lipinski definition) is 4. The summed E-state index contributed by atoms with van der Waals surface area (Å²) < 4.78 is 19.3. The molecule has 6 atom stereocenters. The van der Waals surface area contributed by atoms with Crippen LogP contribution in [-0.4, -0.2) is 39.2 Å². The van der Waals surface area contributed by atoms with Crippen LogP contribution >= 0.6 is 0 Å². The Kier molecular flexibility index (Phi) is 11.1. The molecule has 3 rings (SSSR count). The van der Waals surface area contributed by atoms with Gasteiger partial charge in [0.25, 0.3) is 0 Å². The molecule has 3 aliphatic rings. The number of carbonyl (C=O) groups excluding carboxylic acids is 1. The van der Waals surface area contributed by atoms with Crippen LogP contribution < -0.4 is 0 Å². The molecule has 0 radical (unpaired) electrons. The fourth-order valence-corrected chi connectivity index (χ4v) is 7.85. The predicted molar refractivity (Wildman–Crippen MR) is 156 cm³/mol. The fraction of sp³-hybridized carbons (Fsp3) is 0.844. The van der Waals surface area contributed by atoms with E-state index in [1.54, 1.807) is 0 Å². The third-order valence-electron chi connectivity index (χ3n) is 9.59. The zero-order valence-electron chi connectivity index (χ0n) is 25.2. The molecule has 0 saturated carbocycles. The van der Waals surface area contributed by atoms with E-state index >= 15 is 0 Å². The van der Waals surface area contributed by atoms with E-state index in [2.05, 4.69) is 72.9 Å². The monoisotopic (exact) mass is 532 g/mol. The molecule has 1 aliphatic heterocycles. The van der Waals surface area contributed by atoms with Crippen molar-refractivity contribution in [3.05, 3.63) is 23.8 Å². The lowest BCUT2D eigenvalue weighted by atomic mass is 9.66. The first-order valence-corrected chi connectivity index (χ1v) is 18.2. The Hall–Kier alpha value is -0.913. The molecular formula is C32H56O4Si. The highest BCUT2D eigenvalue weighted by Crippen LogP contribution is 2.45. The molecule has 0 unspecified atom stereocenters. The molecule has 212 valence electrons. The molecule has 5 heteroatoms. The average Bonchev–Trinajstić information content (AvgIpc) is 2.81. The molecule has 0 N–H and O–H groups in total. The highest BCUT2D eigenvalue weighted by Gasteiger charge is 2.43. The fourth-order valence-electron chi connectivity index (χ4n) is 6.48. The summed E-state index contributed by atoms with van der Waals surface area (Å²) >= 11 is 0. The van der Waals surface area contributed by atoms with Gasteiger partial charge in [-0.05, 0) is 80.0 Å². The molecule has 1 saturated heterocycles. The minimum absolute atomic E-state index is 0.00824. The third kappa shape index (κ3) is 8.29. The number of rotatable bonds is 12. The predicted octanol–water partition coefficient (Wildman–Crippen LogP) is 8.62. The Bertz CT molecular complexity index is 789. The lowest BCUT2D eigenvalue weighted by Gasteiger charge is -2.43. The molecule has 0 aromatic rings. The number of cyclic esters (lactones) is 1. The molecule has 37 heavy (non-hydrogen) atoms. The van der Waals surface area contributed by atoms with Crippen LogP contribution in [0.5, 0.6) is 0 Å². The third-order valence-corrected chi connectivity index (χ3v) is 14.1. The summed E-state index contributed by atoms with van der Waals surface area (Å²) in [6.45, 7) is 19.2. The van der Waals surface area contributed by atoms with Crippen LogP contribution in [0.2, 0.25) is 18.1 Å². The molecule has 1 fully saturated rings. The van der Waals surface area contributed by atoms with E-state index < -0.39 is 8.32 Å². The second kappa shape index (κ2) is 13.4. The van der Waals surface area contributed by atoms with Crippen molar-refractivity contribution in [3.63, 3.8) is 0 Å². The SMILES string of the molecule is CCCC(CCC)CO[C@H]1CCC=C2C=C[C@@H](C)[C@H](CC[C@@H]3C[C@@H](O[Si](C)(C)C(C)(C)C)CC(=O)O3)[C@H]21. The van der Waals surface area contributed by atoms with Gasteiger partial charge in [0.1, 0.15) is 6.10 Å². The van der Waals surface area contributed by atoms with Gasteiger partial charge >= 0.3 is 5.97 Å². The van der Waals surface area contributed by atoms with Gasteiger partial charge in [-0.1, -0.05) is 72.6 Å². The molecule has 0 bridgehead atoms. The van der Waals surface area contributed by atoms with E-state index in [1.165, 1.54) is 31.3 Å². The van der Waals surface area contributed by atoms with Gasteiger partial charge in [0.05, 0.1) is 18.6 Å². The highest BCUT2D eigenvalue weighted by molar-refractivity contribution is 6.74. The molecule has 1 heterocycles. The van der Waals surface area contributed by atoms with Crippen molar-refractivity contribution in [2.45, 2.75) is 142 Å². The van der Waals surface area contributed by atoms with E-state index in [-0.39, 0.29) is 23.2 Å². The van der Waals surface area contributed by atoms with Gasteiger partial charge in [0, 0.05) is 18.9 Å². The number of ether oxygens (including phenoxy) is 2. The van der Waals surface area contributed by atoms with Crippen LogP contribution in [0, 0.1) is 23.7 Å². The molecular weight excluding hydrogens is 476 g/mol. The number of allylic oxidation sites excluding steroid dienone is 3. The van der Waals surface area contributed by atoms with E-state index in [0.717, 1.165) is 38.7 Å². The van der Waals surface area contributed by atoms with Crippen LogP contribution in [0.25, 0.3) is 0 Å². The Balaban J connectivity index is 1.64. The maximum absolute atomic E-state index is 12.5. The summed E-state index contributed by atoms with van der Waals surface area (Å²) in [5, 5.41) is 0.139. The lowest BCUT2D eigenvalue weighted by molar-refractivity contribution is -0.160. The molecule has 2 aliphatic carbocycles. The molecule has 0 spiro atoms. The van der Waals surface area contributed by atoms with Gasteiger partial charge in [-0.2, -0.15) is 0 Å². The van der Waals surface area contributed by atoms with Crippen LogP contribution in [-0.2, 0) is 18.7 Å². The smallest absolute Gasteiger partial charge is 0.308 e. The standard InChI is InChI=1S/C32H56O4Si/c1-9-12-24(13-10-2)22-34-29-15-11-14-25-17-16-23(3)28(31(25)29)19-18-26-20-27(21-30(33)35-26)36-37(7,8)32(4,5)6/h14,16-17,23-24,26-29,31H,9-13,15,18-22H2,1-8H3/t23-,26-,27-,28+,29+,31+/m1/s1. The Labute approximate surface area is 229 Å². The normalized spacial score (nSPS) is 30.7. The number of fused-ring (bicyclic) bond motifs is 1. The summed E-state index contributed by atoms with van der Waals surface area (Å²) in [5.74, 6) is 2.08. The van der Waals surface area contributed by atoms with Crippen molar-refractivity contribution >= 4 is 14.3 Å². The van der Waals surface area contributed by atoms with Crippen LogP contribution in [0.15, 0.2) is 23.8 Å². The maximum atomic E-state index is 12.5. The Morgan fingerprint density at radius 3 is 2.49 bits per heavy atom. The van der Waals surface area contributed by atoms with Gasteiger partial charge in [-0.25, -0.2) is 0 Å². The summed E-state index contributed by atoms with van der Waals surface area (Å²) in [5.41, 5.74) is 1.47. The topological polar surface area (TPSA) is 44.8 Å². The zero-order valence-corrected chi connectivity index (χ0v) is 26.2. The van der Waals surface area contributed by atoms with E-state index in [0.29, 0.717) is 36.2 Å². The molecule has 4 nitrogen and oxygen atoms in total. The summed E-state index contributed by atoms with van der Waals surface area (Å²) in [7, 11) is -1.92. The quantitative estimate of drug-likeness (QED) is 0.186. The van der Waals surface area contributed by atoms with Gasteiger partial charge < -0.3 is 13.9 Å². The Morgan fingerprint density at radius 1 is 1.14 bits per heavy atom. The van der Waals surface area contributed by atoms with Crippen LogP contribution in [0.3, 0.4) is 0 Å². The maximum Gasteiger partial charge on any atom is 0.308 e. The minimum Gasteiger partial charge on any atom is -0.462 e. The van der Waals surface area contributed by atoms with E-state index in [9.17, 15) is 4.79 Å². The van der Waals surface area contributed by atoms with Gasteiger partial charge in [0.15, 0.2) is 8.32 Å². The summed E-state index contributed by atoms with van der Waals surface area (Å²) in [6.07, 6.45) is 17.9. The summed E-state index contributed by atoms with van der Waals surface area (Å²) in [4.78, 5) is 12.5. The second-order valence-corrected chi connectivity index (χ2v) is 18.4. The minimum atomic E-state index is -1.92. The highest BCUT2D eigenvalue weighted by atomic mass is 28.4. The van der Waals surface area contributed by atoms with E-state index in [4.69, 9.17) is 13.9 Å². The first-order valence-electron chi connectivity index (χ1n) is 15.3. The van der Waals surface area contributed by atoms with Crippen molar-refractivity contribution in [2.24, 2.45) is 23.7 Å². The molecule has 0 amide bonds. The van der Waals surface area contributed by atoms with Gasteiger partial charge in [-0.3, -0.25) is 4.79 Å². The average molecular weight is 533 g/mol. The first-order chi connectivity index (χ1) is 17.4. The lowest BCUT2D eigenvalue weighted by Crippen LogP contribution is -2.47. The van der Waals surface area contributed by atoms with Gasteiger partial charge in [0.2, 0.25) is 0 Å². The molecule has 0 aromatic heterocycles. The van der Waals surface area contributed by atoms with Crippen LogP contribution in [0.1, 0.15) is 106 Å². The second-order valence-electron chi connectivity index (χ2n) is 13.6. The summed E-state index contributed by atoms with van der Waals surface area (Å²) in [6, 6.07) is 0. The van der Waals surface area contributed by atoms with Gasteiger partial charge in [-0.15, -0.1) is 0 Å². The van der Waals surface area contributed by atoms with Crippen molar-refractivity contribution < 1.29 is 18.7 Å². The van der Waals surface area contributed by atoms with Crippen molar-refractivity contribution in [1.82, 2.24) is 0 Å². The van der Waals surface area contributed by atoms with E-state index in [1.807, 2.05) is 0 Å². The number of carbonyl (C=O) groups is 1. The number of esters is 1.